The lowest BCUT2D eigenvalue weighted by Gasteiger charge is -2.39. The summed E-state index contributed by atoms with van der Waals surface area (Å²) in [5, 5.41) is 7.56. The predicted octanol–water partition coefficient (Wildman–Crippen LogP) is 1.06. The number of rotatable bonds is 4. The minimum Gasteiger partial charge on any atom is -0.387 e. The Bertz CT molecular complexity index is 222. The molecule has 1 aliphatic rings. The Hall–Kier alpha value is -0.610. The van der Waals surface area contributed by atoms with Crippen molar-refractivity contribution in [2.45, 2.75) is 32.8 Å². The monoisotopic (exact) mass is 213 g/mol. The topological polar surface area (TPSA) is 62.3 Å². The molecule has 1 fully saturated rings. The summed E-state index contributed by atoms with van der Waals surface area (Å²) in [7, 11) is 1.74. The lowest BCUT2D eigenvalue weighted by Crippen LogP contribution is -2.46. The van der Waals surface area contributed by atoms with Crippen LogP contribution in [0.5, 0.6) is 0 Å². The SMILES string of the molecule is COC(C)CN1CCC(C)(C(=N)N)CC1. The summed E-state index contributed by atoms with van der Waals surface area (Å²) in [6.45, 7) is 7.18. The highest BCUT2D eigenvalue weighted by Gasteiger charge is 2.32. The molecular weight excluding hydrogens is 190 g/mol. The van der Waals surface area contributed by atoms with Crippen LogP contribution in [0.2, 0.25) is 0 Å². The van der Waals surface area contributed by atoms with Crippen LogP contribution in [0.4, 0.5) is 0 Å². The van der Waals surface area contributed by atoms with Crippen molar-refractivity contribution in [3.05, 3.63) is 0 Å². The average molecular weight is 213 g/mol. The summed E-state index contributed by atoms with van der Waals surface area (Å²) >= 11 is 0. The zero-order valence-electron chi connectivity index (χ0n) is 10.0. The van der Waals surface area contributed by atoms with Crippen molar-refractivity contribution >= 4 is 5.84 Å². The van der Waals surface area contributed by atoms with Crippen molar-refractivity contribution < 1.29 is 4.74 Å². The Morgan fingerprint density at radius 3 is 2.47 bits per heavy atom. The van der Waals surface area contributed by atoms with Crippen molar-refractivity contribution in [3.8, 4) is 0 Å². The third-order valence-corrected chi connectivity index (χ3v) is 3.53. The van der Waals surface area contributed by atoms with Crippen molar-refractivity contribution in [1.82, 2.24) is 4.90 Å². The lowest BCUT2D eigenvalue weighted by atomic mass is 9.79. The molecule has 0 aromatic heterocycles. The van der Waals surface area contributed by atoms with Crippen molar-refractivity contribution in [1.29, 1.82) is 5.41 Å². The minimum absolute atomic E-state index is 0.0766. The normalized spacial score (nSPS) is 23.7. The van der Waals surface area contributed by atoms with Gasteiger partial charge in [0.25, 0.3) is 0 Å². The first-order valence-corrected chi connectivity index (χ1v) is 5.57. The molecule has 1 unspecified atom stereocenters. The van der Waals surface area contributed by atoms with Crippen LogP contribution in [0.15, 0.2) is 0 Å². The largest absolute Gasteiger partial charge is 0.387 e. The van der Waals surface area contributed by atoms with E-state index in [0.717, 1.165) is 32.5 Å². The molecule has 0 saturated carbocycles. The maximum absolute atomic E-state index is 7.56. The van der Waals surface area contributed by atoms with Gasteiger partial charge in [-0.25, -0.2) is 0 Å². The van der Waals surface area contributed by atoms with E-state index in [1.54, 1.807) is 7.11 Å². The van der Waals surface area contributed by atoms with Crippen LogP contribution in [0.3, 0.4) is 0 Å². The van der Waals surface area contributed by atoms with E-state index < -0.39 is 0 Å². The van der Waals surface area contributed by atoms with Gasteiger partial charge in [0, 0.05) is 19.1 Å². The molecule has 3 N–H and O–H groups in total. The molecule has 4 heteroatoms. The third kappa shape index (κ3) is 3.18. The van der Waals surface area contributed by atoms with Crippen LogP contribution in [0.1, 0.15) is 26.7 Å². The summed E-state index contributed by atoms with van der Waals surface area (Å²) in [5.74, 6) is 0.335. The predicted molar refractivity (Wildman–Crippen MR) is 62.2 cm³/mol. The summed E-state index contributed by atoms with van der Waals surface area (Å²) in [6.07, 6.45) is 2.25. The maximum atomic E-state index is 7.56. The molecule has 0 radical (unpaired) electrons. The number of nitrogens with one attached hydrogen (secondary N) is 1. The molecule has 88 valence electrons. The first kappa shape index (κ1) is 12.5. The van der Waals surface area contributed by atoms with Crippen LogP contribution in [-0.2, 0) is 4.74 Å². The molecule has 1 aliphatic heterocycles. The van der Waals surface area contributed by atoms with Crippen LogP contribution < -0.4 is 5.73 Å². The third-order valence-electron chi connectivity index (χ3n) is 3.53. The fourth-order valence-corrected chi connectivity index (χ4v) is 1.94. The van der Waals surface area contributed by atoms with Crippen LogP contribution in [0.25, 0.3) is 0 Å². The van der Waals surface area contributed by atoms with Crippen LogP contribution in [-0.4, -0.2) is 43.6 Å². The Morgan fingerprint density at radius 1 is 1.53 bits per heavy atom. The highest BCUT2D eigenvalue weighted by Crippen LogP contribution is 2.30. The number of ether oxygens (including phenoxy) is 1. The molecular formula is C11H23N3O. The van der Waals surface area contributed by atoms with E-state index in [0.29, 0.717) is 5.84 Å². The Kier molecular flexibility index (Phi) is 4.11. The molecule has 15 heavy (non-hydrogen) atoms. The number of piperidine rings is 1. The molecule has 1 rings (SSSR count). The number of amidine groups is 1. The number of nitrogens with two attached hydrogens (primary N) is 1. The Balaban J connectivity index is 2.39. The highest BCUT2D eigenvalue weighted by molar-refractivity contribution is 5.83. The highest BCUT2D eigenvalue weighted by atomic mass is 16.5. The van der Waals surface area contributed by atoms with Crippen molar-refractivity contribution in [2.75, 3.05) is 26.7 Å². The number of methoxy groups -OCH3 is 1. The van der Waals surface area contributed by atoms with E-state index in [1.807, 2.05) is 0 Å². The van der Waals surface area contributed by atoms with Gasteiger partial charge in [-0.1, -0.05) is 6.92 Å². The molecule has 1 atom stereocenters. The molecule has 0 aromatic rings. The van der Waals surface area contributed by atoms with Gasteiger partial charge in [0.05, 0.1) is 11.9 Å². The van der Waals surface area contributed by atoms with Gasteiger partial charge in [-0.3, -0.25) is 5.41 Å². The zero-order chi connectivity index (χ0) is 11.5. The standard InChI is InChI=1S/C11H23N3O/c1-9(15-3)8-14-6-4-11(2,5-7-14)10(12)13/h9H,4-8H2,1-3H3,(H3,12,13). The molecule has 1 saturated heterocycles. The average Bonchev–Trinajstić information content (AvgIpc) is 2.21. The lowest BCUT2D eigenvalue weighted by molar-refractivity contribution is 0.0580. The summed E-state index contributed by atoms with van der Waals surface area (Å²) in [4.78, 5) is 2.39. The Morgan fingerprint density at radius 2 is 2.07 bits per heavy atom. The number of hydrogen-bond donors (Lipinski definition) is 2. The van der Waals surface area contributed by atoms with Gasteiger partial charge in [-0.15, -0.1) is 0 Å². The number of likely N-dealkylation sites (tertiary alicyclic amines) is 1. The maximum Gasteiger partial charge on any atom is 0.0966 e. The number of hydrogen-bond acceptors (Lipinski definition) is 3. The van der Waals surface area contributed by atoms with E-state index >= 15 is 0 Å². The molecule has 0 aromatic carbocycles. The fraction of sp³-hybridized carbons (Fsp3) is 0.909. The second kappa shape index (κ2) is 4.94. The van der Waals surface area contributed by atoms with Crippen LogP contribution in [0, 0.1) is 10.8 Å². The first-order chi connectivity index (χ1) is 6.98. The van der Waals surface area contributed by atoms with E-state index in [1.165, 1.54) is 0 Å². The molecule has 1 heterocycles. The second-order valence-electron chi connectivity index (χ2n) is 4.82. The van der Waals surface area contributed by atoms with Crippen LogP contribution >= 0.6 is 0 Å². The molecule has 0 amide bonds. The first-order valence-electron chi connectivity index (χ1n) is 5.57. The van der Waals surface area contributed by atoms with Crippen molar-refractivity contribution in [2.24, 2.45) is 11.1 Å². The van der Waals surface area contributed by atoms with Gasteiger partial charge in [0.1, 0.15) is 0 Å². The van der Waals surface area contributed by atoms with E-state index in [2.05, 4.69) is 18.7 Å². The molecule has 0 spiro atoms. The second-order valence-corrected chi connectivity index (χ2v) is 4.82. The molecule has 4 nitrogen and oxygen atoms in total. The summed E-state index contributed by atoms with van der Waals surface area (Å²) < 4.78 is 5.24. The smallest absolute Gasteiger partial charge is 0.0966 e. The zero-order valence-corrected chi connectivity index (χ0v) is 10.0. The molecule has 0 bridgehead atoms. The summed E-state index contributed by atoms with van der Waals surface area (Å²) in [5.41, 5.74) is 5.54. The van der Waals surface area contributed by atoms with Gasteiger partial charge < -0.3 is 15.4 Å². The molecule has 0 aliphatic carbocycles. The van der Waals surface area contributed by atoms with E-state index in [4.69, 9.17) is 15.9 Å². The van der Waals surface area contributed by atoms with Crippen molar-refractivity contribution in [3.63, 3.8) is 0 Å². The van der Waals surface area contributed by atoms with Gasteiger partial charge in [-0.2, -0.15) is 0 Å². The van der Waals surface area contributed by atoms with Gasteiger partial charge in [0.15, 0.2) is 0 Å². The van der Waals surface area contributed by atoms with E-state index in [9.17, 15) is 0 Å². The quantitative estimate of drug-likeness (QED) is 0.542. The summed E-state index contributed by atoms with van der Waals surface area (Å²) in [6, 6.07) is 0. The number of nitrogens with zero attached hydrogens (tertiary/aromatic N) is 1. The van der Waals surface area contributed by atoms with Gasteiger partial charge in [-0.05, 0) is 32.9 Å². The minimum atomic E-state index is -0.0766. The van der Waals surface area contributed by atoms with Gasteiger partial charge >= 0.3 is 0 Å². The fourth-order valence-electron chi connectivity index (χ4n) is 1.94. The van der Waals surface area contributed by atoms with Gasteiger partial charge in [0.2, 0.25) is 0 Å². The Labute approximate surface area is 92.3 Å². The van der Waals surface area contributed by atoms with E-state index in [-0.39, 0.29) is 11.5 Å².